The van der Waals surface area contributed by atoms with Crippen LogP contribution in [0.4, 0.5) is 5.69 Å². The predicted molar refractivity (Wildman–Crippen MR) is 88.6 cm³/mol. The van der Waals surface area contributed by atoms with Crippen LogP contribution >= 0.6 is 11.8 Å². The Morgan fingerprint density at radius 1 is 1.10 bits per heavy atom. The zero-order chi connectivity index (χ0) is 15.5. The molecule has 0 bridgehead atoms. The zero-order valence-corrected chi connectivity index (χ0v) is 13.6. The number of nitrogens with one attached hydrogen (secondary N) is 2. The largest absolute Gasteiger partial charge is 0.355 e. The number of amides is 2. The van der Waals surface area contributed by atoms with Crippen LogP contribution in [0.25, 0.3) is 0 Å². The zero-order valence-electron chi connectivity index (χ0n) is 12.8. The van der Waals surface area contributed by atoms with Gasteiger partial charge in [0.25, 0.3) is 0 Å². The molecule has 0 aliphatic carbocycles. The van der Waals surface area contributed by atoms with E-state index in [1.54, 1.807) is 0 Å². The van der Waals surface area contributed by atoms with Crippen LogP contribution in [0.1, 0.15) is 39.5 Å². The summed E-state index contributed by atoms with van der Waals surface area (Å²) in [5.41, 5.74) is 0.771. The second-order valence-electron chi connectivity index (χ2n) is 4.90. The molecule has 0 saturated heterocycles. The molecule has 21 heavy (non-hydrogen) atoms. The summed E-state index contributed by atoms with van der Waals surface area (Å²) >= 11 is 1.50. The van der Waals surface area contributed by atoms with Gasteiger partial charge in [0, 0.05) is 24.1 Å². The van der Waals surface area contributed by atoms with Crippen LogP contribution in [0.15, 0.2) is 29.2 Å². The summed E-state index contributed by atoms with van der Waals surface area (Å²) in [7, 11) is 0. The maximum Gasteiger partial charge on any atom is 0.230 e. The van der Waals surface area contributed by atoms with E-state index in [2.05, 4.69) is 17.6 Å². The average molecular weight is 308 g/mol. The lowest BCUT2D eigenvalue weighted by Gasteiger charge is -2.06. The van der Waals surface area contributed by atoms with E-state index in [0.29, 0.717) is 5.75 Å². The molecule has 0 fully saturated rings. The van der Waals surface area contributed by atoms with E-state index < -0.39 is 0 Å². The molecular formula is C16H24N2O2S. The van der Waals surface area contributed by atoms with Gasteiger partial charge in [-0.3, -0.25) is 9.59 Å². The van der Waals surface area contributed by atoms with E-state index in [-0.39, 0.29) is 11.8 Å². The van der Waals surface area contributed by atoms with Gasteiger partial charge >= 0.3 is 0 Å². The summed E-state index contributed by atoms with van der Waals surface area (Å²) < 4.78 is 0. The Hall–Kier alpha value is -1.49. The standard InChI is InChI=1S/C16H24N2O2S/c1-3-4-5-6-11-17-16(20)12-21-15-9-7-14(8-10-15)18-13(2)19/h7-10H,3-6,11-12H2,1-2H3,(H,17,20)(H,18,19). The number of carbonyl (C=O) groups excluding carboxylic acids is 2. The Bertz CT molecular complexity index is 446. The highest BCUT2D eigenvalue weighted by Gasteiger charge is 2.03. The van der Waals surface area contributed by atoms with Crippen molar-refractivity contribution in [1.29, 1.82) is 0 Å². The third-order valence-electron chi connectivity index (χ3n) is 2.90. The van der Waals surface area contributed by atoms with Crippen LogP contribution in [0.2, 0.25) is 0 Å². The van der Waals surface area contributed by atoms with Gasteiger partial charge in [-0.15, -0.1) is 11.8 Å². The first-order valence-corrected chi connectivity index (χ1v) is 8.37. The minimum Gasteiger partial charge on any atom is -0.355 e. The molecule has 0 unspecified atom stereocenters. The number of benzene rings is 1. The molecule has 0 aromatic heterocycles. The van der Waals surface area contributed by atoms with E-state index in [9.17, 15) is 9.59 Å². The van der Waals surface area contributed by atoms with Crippen molar-refractivity contribution in [2.45, 2.75) is 44.4 Å². The molecule has 4 nitrogen and oxygen atoms in total. The lowest BCUT2D eigenvalue weighted by Crippen LogP contribution is -2.26. The van der Waals surface area contributed by atoms with Crippen molar-refractivity contribution in [2.24, 2.45) is 0 Å². The number of thioether (sulfide) groups is 1. The van der Waals surface area contributed by atoms with Crippen molar-refractivity contribution in [1.82, 2.24) is 5.32 Å². The summed E-state index contributed by atoms with van der Waals surface area (Å²) in [6, 6.07) is 7.49. The van der Waals surface area contributed by atoms with E-state index in [4.69, 9.17) is 0 Å². The number of unbranched alkanes of at least 4 members (excludes halogenated alkanes) is 3. The highest BCUT2D eigenvalue weighted by Crippen LogP contribution is 2.20. The van der Waals surface area contributed by atoms with E-state index in [0.717, 1.165) is 23.5 Å². The molecule has 1 aromatic rings. The molecule has 2 amide bonds. The van der Waals surface area contributed by atoms with Gasteiger partial charge in [0.15, 0.2) is 0 Å². The Labute approximate surface area is 131 Å². The fourth-order valence-corrected chi connectivity index (χ4v) is 2.55. The topological polar surface area (TPSA) is 58.2 Å². The van der Waals surface area contributed by atoms with Gasteiger partial charge in [0.1, 0.15) is 0 Å². The van der Waals surface area contributed by atoms with Crippen molar-refractivity contribution in [2.75, 3.05) is 17.6 Å². The maximum atomic E-state index is 11.7. The molecule has 0 aliphatic rings. The Kier molecular flexibility index (Phi) is 8.59. The first kappa shape index (κ1) is 17.6. The number of rotatable bonds is 9. The fraction of sp³-hybridized carbons (Fsp3) is 0.500. The quantitative estimate of drug-likeness (QED) is 0.543. The van der Waals surface area contributed by atoms with Gasteiger partial charge in [-0.25, -0.2) is 0 Å². The molecule has 1 aromatic carbocycles. The van der Waals surface area contributed by atoms with Gasteiger partial charge < -0.3 is 10.6 Å². The minimum absolute atomic E-state index is 0.0717. The maximum absolute atomic E-state index is 11.7. The third-order valence-corrected chi connectivity index (χ3v) is 3.91. The SMILES string of the molecule is CCCCCCNC(=O)CSc1ccc(NC(C)=O)cc1. The molecule has 0 spiro atoms. The third kappa shape index (κ3) is 8.40. The van der Waals surface area contributed by atoms with Crippen LogP contribution < -0.4 is 10.6 Å². The second kappa shape index (κ2) is 10.3. The monoisotopic (exact) mass is 308 g/mol. The number of hydrogen-bond donors (Lipinski definition) is 2. The molecule has 0 aliphatic heterocycles. The lowest BCUT2D eigenvalue weighted by atomic mass is 10.2. The summed E-state index contributed by atoms with van der Waals surface area (Å²) in [4.78, 5) is 23.6. The van der Waals surface area contributed by atoms with Crippen molar-refractivity contribution >= 4 is 29.3 Å². The molecule has 0 saturated carbocycles. The van der Waals surface area contributed by atoms with E-state index >= 15 is 0 Å². The molecule has 2 N–H and O–H groups in total. The fourth-order valence-electron chi connectivity index (χ4n) is 1.82. The minimum atomic E-state index is -0.0853. The summed E-state index contributed by atoms with van der Waals surface area (Å²) in [5.74, 6) is 0.410. The highest BCUT2D eigenvalue weighted by atomic mass is 32.2. The highest BCUT2D eigenvalue weighted by molar-refractivity contribution is 8.00. The molecule has 1 rings (SSSR count). The van der Waals surface area contributed by atoms with Crippen LogP contribution in [-0.2, 0) is 9.59 Å². The number of carbonyl (C=O) groups is 2. The van der Waals surface area contributed by atoms with Crippen molar-refractivity contribution < 1.29 is 9.59 Å². The first-order chi connectivity index (χ1) is 10.1. The molecular weight excluding hydrogens is 284 g/mol. The summed E-state index contributed by atoms with van der Waals surface area (Å²) in [6.07, 6.45) is 4.66. The molecule has 0 radical (unpaired) electrons. The lowest BCUT2D eigenvalue weighted by molar-refractivity contribution is -0.118. The van der Waals surface area contributed by atoms with Crippen molar-refractivity contribution in [3.63, 3.8) is 0 Å². The van der Waals surface area contributed by atoms with Crippen LogP contribution in [0.3, 0.4) is 0 Å². The molecule has 116 valence electrons. The van der Waals surface area contributed by atoms with Gasteiger partial charge in [0.2, 0.25) is 11.8 Å². The van der Waals surface area contributed by atoms with Gasteiger partial charge in [0.05, 0.1) is 5.75 Å². The second-order valence-corrected chi connectivity index (χ2v) is 5.95. The summed E-state index contributed by atoms with van der Waals surface area (Å²) in [5, 5.41) is 5.65. The van der Waals surface area contributed by atoms with Crippen LogP contribution in [-0.4, -0.2) is 24.1 Å². The number of hydrogen-bond acceptors (Lipinski definition) is 3. The van der Waals surface area contributed by atoms with Crippen LogP contribution in [0, 0.1) is 0 Å². The van der Waals surface area contributed by atoms with Gasteiger partial charge in [-0.05, 0) is 30.7 Å². The number of anilines is 1. The Morgan fingerprint density at radius 2 is 1.81 bits per heavy atom. The average Bonchev–Trinajstić information content (AvgIpc) is 2.46. The first-order valence-electron chi connectivity index (χ1n) is 7.39. The van der Waals surface area contributed by atoms with Crippen molar-refractivity contribution in [3.05, 3.63) is 24.3 Å². The smallest absolute Gasteiger partial charge is 0.230 e. The van der Waals surface area contributed by atoms with Gasteiger partial charge in [-0.1, -0.05) is 26.2 Å². The summed E-state index contributed by atoms with van der Waals surface area (Å²) in [6.45, 7) is 4.42. The van der Waals surface area contributed by atoms with Crippen molar-refractivity contribution in [3.8, 4) is 0 Å². The molecule has 0 heterocycles. The van der Waals surface area contributed by atoms with Crippen LogP contribution in [0.5, 0.6) is 0 Å². The van der Waals surface area contributed by atoms with Gasteiger partial charge in [-0.2, -0.15) is 0 Å². The van der Waals surface area contributed by atoms with E-state index in [1.807, 2.05) is 24.3 Å². The Balaban J connectivity index is 2.21. The predicted octanol–water partition coefficient (Wildman–Crippen LogP) is 3.43. The molecule has 5 heteroatoms. The molecule has 0 atom stereocenters. The van der Waals surface area contributed by atoms with E-state index in [1.165, 1.54) is 37.9 Å². The Morgan fingerprint density at radius 3 is 2.43 bits per heavy atom. The normalized spacial score (nSPS) is 10.2.